The standard InChI is InChI=1S/C16H19ClN2O/c17-14-4-1-12(2-5-14)3-6-16(20)18-15-11-19-9-7-13(15)8-10-19/h1-6,13,15H,7-11H2,(H,18,20)/b6-3+/t15-/m0/s1. The third-order valence-corrected chi connectivity index (χ3v) is 4.53. The lowest BCUT2D eigenvalue weighted by Crippen LogP contribution is -2.57. The fourth-order valence-electron chi connectivity index (χ4n) is 3.11. The number of halogens is 1. The Morgan fingerprint density at radius 3 is 2.55 bits per heavy atom. The Morgan fingerprint density at radius 1 is 1.25 bits per heavy atom. The van der Waals surface area contributed by atoms with Gasteiger partial charge in [0.15, 0.2) is 0 Å². The van der Waals surface area contributed by atoms with Crippen molar-refractivity contribution in [1.82, 2.24) is 10.2 Å². The average molecular weight is 291 g/mol. The van der Waals surface area contributed by atoms with Crippen molar-refractivity contribution in [2.45, 2.75) is 18.9 Å². The maximum absolute atomic E-state index is 12.0. The summed E-state index contributed by atoms with van der Waals surface area (Å²) in [6.45, 7) is 3.39. The van der Waals surface area contributed by atoms with Crippen molar-refractivity contribution in [2.75, 3.05) is 19.6 Å². The molecule has 1 aromatic carbocycles. The molecule has 0 radical (unpaired) electrons. The van der Waals surface area contributed by atoms with Crippen molar-refractivity contribution in [3.05, 3.63) is 40.9 Å². The van der Waals surface area contributed by atoms with Crippen LogP contribution in [0.2, 0.25) is 5.02 Å². The largest absolute Gasteiger partial charge is 0.348 e. The van der Waals surface area contributed by atoms with Crippen LogP contribution in [0, 0.1) is 5.92 Å². The number of carbonyl (C=O) groups excluding carboxylic acids is 1. The number of benzene rings is 1. The minimum absolute atomic E-state index is 0.00120. The number of amides is 1. The van der Waals surface area contributed by atoms with Gasteiger partial charge in [0.25, 0.3) is 0 Å². The molecule has 0 spiro atoms. The quantitative estimate of drug-likeness (QED) is 0.868. The summed E-state index contributed by atoms with van der Waals surface area (Å²) in [6, 6.07) is 7.78. The average Bonchev–Trinajstić information content (AvgIpc) is 2.48. The fourth-order valence-corrected chi connectivity index (χ4v) is 3.23. The molecule has 20 heavy (non-hydrogen) atoms. The second kappa shape index (κ2) is 5.98. The van der Waals surface area contributed by atoms with Gasteiger partial charge in [-0.2, -0.15) is 0 Å². The second-order valence-electron chi connectivity index (χ2n) is 5.64. The van der Waals surface area contributed by atoms with Gasteiger partial charge in [-0.1, -0.05) is 23.7 Å². The molecule has 1 atom stereocenters. The summed E-state index contributed by atoms with van der Waals surface area (Å²) >= 11 is 5.83. The van der Waals surface area contributed by atoms with Crippen LogP contribution in [0.25, 0.3) is 6.08 Å². The van der Waals surface area contributed by atoms with Crippen LogP contribution in [0.5, 0.6) is 0 Å². The van der Waals surface area contributed by atoms with Crippen LogP contribution >= 0.6 is 11.6 Å². The van der Waals surface area contributed by atoms with Gasteiger partial charge in [0.05, 0.1) is 0 Å². The molecule has 3 nitrogen and oxygen atoms in total. The van der Waals surface area contributed by atoms with Gasteiger partial charge in [0, 0.05) is 23.7 Å². The van der Waals surface area contributed by atoms with Crippen molar-refractivity contribution in [1.29, 1.82) is 0 Å². The lowest BCUT2D eigenvalue weighted by atomic mass is 9.84. The van der Waals surface area contributed by atoms with Crippen LogP contribution < -0.4 is 5.32 Å². The Kier molecular flexibility index (Phi) is 4.08. The highest BCUT2D eigenvalue weighted by Crippen LogP contribution is 2.27. The van der Waals surface area contributed by atoms with E-state index in [0.717, 1.165) is 12.1 Å². The van der Waals surface area contributed by atoms with Crippen LogP contribution in [0.4, 0.5) is 0 Å². The summed E-state index contributed by atoms with van der Waals surface area (Å²) in [4.78, 5) is 14.4. The SMILES string of the molecule is O=C(/C=C/c1ccc(Cl)cc1)N[C@H]1CN2CCC1CC2. The predicted octanol–water partition coefficient (Wildman–Crippen LogP) is 2.56. The maximum Gasteiger partial charge on any atom is 0.244 e. The third-order valence-electron chi connectivity index (χ3n) is 4.28. The van der Waals surface area contributed by atoms with Crippen LogP contribution in [0.1, 0.15) is 18.4 Å². The Hall–Kier alpha value is -1.32. The predicted molar refractivity (Wildman–Crippen MR) is 81.6 cm³/mol. The van der Waals surface area contributed by atoms with E-state index in [1.54, 1.807) is 6.08 Å². The van der Waals surface area contributed by atoms with E-state index in [-0.39, 0.29) is 5.91 Å². The van der Waals surface area contributed by atoms with Crippen molar-refractivity contribution >= 4 is 23.6 Å². The Morgan fingerprint density at radius 2 is 1.95 bits per heavy atom. The number of hydrogen-bond donors (Lipinski definition) is 1. The number of hydrogen-bond acceptors (Lipinski definition) is 2. The first-order valence-electron chi connectivity index (χ1n) is 7.17. The maximum atomic E-state index is 12.0. The Bertz CT molecular complexity index is 504. The Labute approximate surface area is 124 Å². The zero-order valence-corrected chi connectivity index (χ0v) is 12.1. The molecule has 3 saturated heterocycles. The highest BCUT2D eigenvalue weighted by Gasteiger charge is 2.34. The first-order valence-corrected chi connectivity index (χ1v) is 7.55. The van der Waals surface area contributed by atoms with Crippen LogP contribution in [0.15, 0.2) is 30.3 Å². The van der Waals surface area contributed by atoms with E-state index in [1.807, 2.05) is 30.3 Å². The van der Waals surface area contributed by atoms with Gasteiger partial charge in [-0.15, -0.1) is 0 Å². The highest BCUT2D eigenvalue weighted by atomic mass is 35.5. The molecule has 0 saturated carbocycles. The van der Waals surface area contributed by atoms with Gasteiger partial charge >= 0.3 is 0 Å². The molecule has 2 bridgehead atoms. The first-order chi connectivity index (χ1) is 9.70. The van der Waals surface area contributed by atoms with E-state index in [9.17, 15) is 4.79 Å². The van der Waals surface area contributed by atoms with Crippen molar-refractivity contribution in [3.63, 3.8) is 0 Å². The minimum Gasteiger partial charge on any atom is -0.348 e. The fraction of sp³-hybridized carbons (Fsp3) is 0.438. The highest BCUT2D eigenvalue weighted by molar-refractivity contribution is 6.30. The van der Waals surface area contributed by atoms with Crippen LogP contribution in [-0.2, 0) is 4.79 Å². The monoisotopic (exact) mass is 290 g/mol. The number of carbonyl (C=O) groups is 1. The van der Waals surface area contributed by atoms with E-state index < -0.39 is 0 Å². The molecule has 3 aliphatic rings. The number of nitrogens with one attached hydrogen (secondary N) is 1. The van der Waals surface area contributed by atoms with Crippen molar-refractivity contribution in [3.8, 4) is 0 Å². The van der Waals surface area contributed by atoms with E-state index in [0.29, 0.717) is 17.0 Å². The van der Waals surface area contributed by atoms with Crippen LogP contribution in [0.3, 0.4) is 0 Å². The van der Waals surface area contributed by atoms with Gasteiger partial charge in [0.1, 0.15) is 0 Å². The molecule has 3 heterocycles. The van der Waals surface area contributed by atoms with Gasteiger partial charge in [-0.3, -0.25) is 4.79 Å². The zero-order valence-electron chi connectivity index (χ0n) is 11.4. The summed E-state index contributed by atoms with van der Waals surface area (Å²) < 4.78 is 0. The van der Waals surface area contributed by atoms with E-state index in [4.69, 9.17) is 11.6 Å². The zero-order chi connectivity index (χ0) is 13.9. The number of nitrogens with zero attached hydrogens (tertiary/aromatic N) is 1. The molecule has 0 aromatic heterocycles. The number of fused-ring (bicyclic) bond motifs is 3. The molecule has 0 unspecified atom stereocenters. The van der Waals surface area contributed by atoms with E-state index in [1.165, 1.54) is 25.9 Å². The normalized spacial score (nSPS) is 28.8. The molecular formula is C16H19ClN2O. The van der Waals surface area contributed by atoms with Gasteiger partial charge < -0.3 is 10.2 Å². The molecule has 3 fully saturated rings. The smallest absolute Gasteiger partial charge is 0.244 e. The van der Waals surface area contributed by atoms with Gasteiger partial charge in [-0.25, -0.2) is 0 Å². The first kappa shape index (κ1) is 13.7. The summed E-state index contributed by atoms with van der Waals surface area (Å²) in [6.07, 6.45) is 5.87. The molecule has 1 aromatic rings. The van der Waals surface area contributed by atoms with Crippen molar-refractivity contribution < 1.29 is 4.79 Å². The molecule has 4 rings (SSSR count). The number of rotatable bonds is 3. The van der Waals surface area contributed by atoms with Gasteiger partial charge in [0.2, 0.25) is 5.91 Å². The van der Waals surface area contributed by atoms with Crippen LogP contribution in [-0.4, -0.2) is 36.5 Å². The summed E-state index contributed by atoms with van der Waals surface area (Å²) in [5.41, 5.74) is 0.985. The topological polar surface area (TPSA) is 32.3 Å². The number of piperidine rings is 3. The molecule has 1 amide bonds. The van der Waals surface area contributed by atoms with E-state index in [2.05, 4.69) is 10.2 Å². The molecule has 0 aliphatic carbocycles. The molecule has 3 aliphatic heterocycles. The lowest BCUT2D eigenvalue weighted by Gasteiger charge is -2.44. The molecular weight excluding hydrogens is 272 g/mol. The molecule has 4 heteroatoms. The Balaban J connectivity index is 1.55. The van der Waals surface area contributed by atoms with Gasteiger partial charge in [-0.05, 0) is 55.6 Å². The third kappa shape index (κ3) is 3.22. The lowest BCUT2D eigenvalue weighted by molar-refractivity contribution is -0.118. The summed E-state index contributed by atoms with van der Waals surface area (Å²) in [5.74, 6) is 0.659. The van der Waals surface area contributed by atoms with E-state index >= 15 is 0 Å². The minimum atomic E-state index is -0.00120. The van der Waals surface area contributed by atoms with Crippen molar-refractivity contribution in [2.24, 2.45) is 5.92 Å². The summed E-state index contributed by atoms with van der Waals surface area (Å²) in [7, 11) is 0. The molecule has 1 N–H and O–H groups in total. The molecule has 106 valence electrons. The second-order valence-corrected chi connectivity index (χ2v) is 6.07. The summed E-state index contributed by atoms with van der Waals surface area (Å²) in [5, 5.41) is 3.85.